The van der Waals surface area contributed by atoms with Crippen LogP contribution in [0.25, 0.3) is 0 Å². The van der Waals surface area contributed by atoms with Crippen molar-refractivity contribution in [3.05, 3.63) is 64.3 Å². The van der Waals surface area contributed by atoms with Crippen molar-refractivity contribution in [3.63, 3.8) is 0 Å². The molecule has 0 spiro atoms. The minimum atomic E-state index is -3.88. The summed E-state index contributed by atoms with van der Waals surface area (Å²) in [4.78, 5) is 18.4. The van der Waals surface area contributed by atoms with Crippen LogP contribution in [-0.2, 0) is 21.4 Å². The summed E-state index contributed by atoms with van der Waals surface area (Å²) in [5, 5.41) is 5.85. The Morgan fingerprint density at radius 2 is 1.92 bits per heavy atom. The third kappa shape index (κ3) is 4.12. The molecule has 0 saturated carbocycles. The highest BCUT2D eigenvalue weighted by atomic mass is 32.2. The van der Waals surface area contributed by atoms with Crippen LogP contribution >= 0.6 is 22.7 Å². The van der Waals surface area contributed by atoms with E-state index in [2.05, 4.69) is 4.98 Å². The number of thiazole rings is 1. The lowest BCUT2D eigenvalue weighted by Crippen LogP contribution is -2.41. The van der Waals surface area contributed by atoms with E-state index in [1.165, 1.54) is 34.6 Å². The third-order valence-corrected chi connectivity index (χ3v) is 7.06. The second-order valence-electron chi connectivity index (χ2n) is 5.52. The van der Waals surface area contributed by atoms with E-state index < -0.39 is 10.0 Å². The van der Waals surface area contributed by atoms with E-state index >= 15 is 0 Å². The highest BCUT2D eigenvalue weighted by molar-refractivity contribution is 7.93. The van der Waals surface area contributed by atoms with Crippen LogP contribution in [0.2, 0.25) is 0 Å². The monoisotopic (exact) mass is 407 g/mol. The maximum Gasteiger partial charge on any atom is 0.266 e. The van der Waals surface area contributed by atoms with Crippen LogP contribution in [0.4, 0.5) is 5.13 Å². The van der Waals surface area contributed by atoms with E-state index in [9.17, 15) is 13.2 Å². The number of sulfonamides is 1. The lowest BCUT2D eigenvalue weighted by molar-refractivity contribution is -0.128. The molecule has 3 rings (SSSR count). The number of hydrogen-bond donors (Lipinski definition) is 0. The molecular formula is C17H17N3O3S3. The Kier molecular flexibility index (Phi) is 5.70. The number of carbonyl (C=O) groups excluding carboxylic acids is 1. The largest absolute Gasteiger partial charge is 0.340 e. The highest BCUT2D eigenvalue weighted by Crippen LogP contribution is 2.25. The van der Waals surface area contributed by atoms with E-state index in [0.29, 0.717) is 6.54 Å². The normalized spacial score (nSPS) is 11.3. The SMILES string of the molecule is CN(Cc1ccsc1)C(=O)CN(c1nccs1)S(=O)(=O)c1ccccc1. The second kappa shape index (κ2) is 7.98. The van der Waals surface area contributed by atoms with Crippen molar-refractivity contribution in [2.75, 3.05) is 17.9 Å². The summed E-state index contributed by atoms with van der Waals surface area (Å²) in [6.07, 6.45) is 1.52. The van der Waals surface area contributed by atoms with Gasteiger partial charge >= 0.3 is 0 Å². The van der Waals surface area contributed by atoms with Crippen LogP contribution in [0.15, 0.2) is 63.6 Å². The summed E-state index contributed by atoms with van der Waals surface area (Å²) < 4.78 is 27.1. The van der Waals surface area contributed by atoms with Crippen molar-refractivity contribution in [1.29, 1.82) is 0 Å². The summed E-state index contributed by atoms with van der Waals surface area (Å²) in [6, 6.07) is 10.0. The number of benzene rings is 1. The molecule has 2 aromatic heterocycles. The maximum atomic E-state index is 13.0. The van der Waals surface area contributed by atoms with Crippen molar-refractivity contribution >= 4 is 43.7 Å². The Bertz CT molecular complexity index is 940. The van der Waals surface area contributed by atoms with Crippen LogP contribution in [-0.4, -0.2) is 37.8 Å². The number of rotatable bonds is 7. The molecule has 0 aliphatic carbocycles. The molecule has 6 nitrogen and oxygen atoms in total. The number of carbonyl (C=O) groups is 1. The molecule has 0 fully saturated rings. The first kappa shape index (κ1) is 18.6. The van der Waals surface area contributed by atoms with Gasteiger partial charge < -0.3 is 4.90 Å². The van der Waals surface area contributed by atoms with Crippen LogP contribution in [0.5, 0.6) is 0 Å². The van der Waals surface area contributed by atoms with Gasteiger partial charge in [-0.3, -0.25) is 4.79 Å². The summed E-state index contributed by atoms with van der Waals surface area (Å²) in [7, 11) is -2.22. The van der Waals surface area contributed by atoms with Gasteiger partial charge in [-0.25, -0.2) is 17.7 Å². The number of aromatic nitrogens is 1. The van der Waals surface area contributed by atoms with Gasteiger partial charge in [-0.05, 0) is 34.5 Å². The van der Waals surface area contributed by atoms with Gasteiger partial charge in [0.15, 0.2) is 5.13 Å². The molecule has 26 heavy (non-hydrogen) atoms. The zero-order valence-corrected chi connectivity index (χ0v) is 16.4. The lowest BCUT2D eigenvalue weighted by atomic mass is 10.3. The molecule has 0 aliphatic rings. The molecule has 1 aromatic carbocycles. The first-order valence-electron chi connectivity index (χ1n) is 7.71. The predicted molar refractivity (Wildman–Crippen MR) is 104 cm³/mol. The molecule has 0 bridgehead atoms. The molecule has 3 aromatic rings. The number of nitrogens with zero attached hydrogens (tertiary/aromatic N) is 3. The zero-order chi connectivity index (χ0) is 18.6. The second-order valence-corrected chi connectivity index (χ2v) is 9.04. The van der Waals surface area contributed by atoms with E-state index in [0.717, 1.165) is 9.87 Å². The van der Waals surface area contributed by atoms with Crippen LogP contribution in [0, 0.1) is 0 Å². The van der Waals surface area contributed by atoms with Gasteiger partial charge in [-0.1, -0.05) is 18.2 Å². The molecule has 0 saturated heterocycles. The Labute approximate surface area is 160 Å². The Morgan fingerprint density at radius 3 is 2.54 bits per heavy atom. The van der Waals surface area contributed by atoms with Gasteiger partial charge in [0.2, 0.25) is 5.91 Å². The molecular weight excluding hydrogens is 390 g/mol. The van der Waals surface area contributed by atoms with E-state index in [1.807, 2.05) is 16.8 Å². The number of thiophene rings is 1. The lowest BCUT2D eigenvalue weighted by Gasteiger charge is -2.24. The standard InChI is InChI=1S/C17H17N3O3S3/c1-19(11-14-7-9-24-13-14)16(21)12-20(17-18-8-10-25-17)26(22,23)15-5-3-2-4-6-15/h2-10,13H,11-12H2,1H3. The zero-order valence-electron chi connectivity index (χ0n) is 14.0. The van der Waals surface area contributed by atoms with Crippen molar-refractivity contribution in [2.45, 2.75) is 11.4 Å². The minimum absolute atomic E-state index is 0.128. The topological polar surface area (TPSA) is 70.6 Å². The smallest absolute Gasteiger partial charge is 0.266 e. The van der Waals surface area contributed by atoms with Crippen molar-refractivity contribution in [3.8, 4) is 0 Å². The Morgan fingerprint density at radius 1 is 1.15 bits per heavy atom. The van der Waals surface area contributed by atoms with Gasteiger partial charge in [0.05, 0.1) is 4.90 Å². The fourth-order valence-corrected chi connectivity index (χ4v) is 5.22. The van der Waals surface area contributed by atoms with Crippen molar-refractivity contribution in [2.24, 2.45) is 0 Å². The van der Waals surface area contributed by atoms with Gasteiger partial charge in [0, 0.05) is 25.2 Å². The Balaban J connectivity index is 1.85. The average Bonchev–Trinajstić information content (AvgIpc) is 3.34. The molecule has 2 heterocycles. The fourth-order valence-electron chi connectivity index (χ4n) is 2.30. The van der Waals surface area contributed by atoms with Crippen molar-refractivity contribution < 1.29 is 13.2 Å². The van der Waals surface area contributed by atoms with Gasteiger partial charge in [0.25, 0.3) is 10.0 Å². The maximum absolute atomic E-state index is 13.0. The van der Waals surface area contributed by atoms with E-state index in [-0.39, 0.29) is 22.5 Å². The minimum Gasteiger partial charge on any atom is -0.340 e. The number of anilines is 1. The predicted octanol–water partition coefficient (Wildman–Crippen LogP) is 3.06. The fraction of sp³-hybridized carbons (Fsp3) is 0.176. The van der Waals surface area contributed by atoms with Crippen LogP contribution < -0.4 is 4.31 Å². The quantitative estimate of drug-likeness (QED) is 0.604. The number of likely N-dealkylation sites (N-methyl/N-ethyl adjacent to an activating group) is 1. The van der Waals surface area contributed by atoms with E-state index in [1.54, 1.807) is 42.0 Å². The molecule has 0 aliphatic heterocycles. The molecule has 0 radical (unpaired) electrons. The summed E-state index contributed by atoms with van der Waals surface area (Å²) >= 11 is 2.73. The Hall–Kier alpha value is -2.23. The average molecular weight is 408 g/mol. The molecule has 1 amide bonds. The first-order valence-corrected chi connectivity index (χ1v) is 11.0. The summed E-state index contributed by atoms with van der Waals surface area (Å²) in [5.74, 6) is -0.300. The molecule has 136 valence electrons. The molecule has 0 atom stereocenters. The third-order valence-electron chi connectivity index (χ3n) is 3.67. The highest BCUT2D eigenvalue weighted by Gasteiger charge is 2.29. The molecule has 0 unspecified atom stereocenters. The first-order chi connectivity index (χ1) is 12.5. The van der Waals surface area contributed by atoms with Crippen LogP contribution in [0.1, 0.15) is 5.56 Å². The van der Waals surface area contributed by atoms with Gasteiger partial charge in [-0.2, -0.15) is 11.3 Å². The van der Waals surface area contributed by atoms with E-state index in [4.69, 9.17) is 0 Å². The number of hydrogen-bond acceptors (Lipinski definition) is 6. The molecule has 0 N–H and O–H groups in total. The van der Waals surface area contributed by atoms with Gasteiger partial charge in [0.1, 0.15) is 6.54 Å². The van der Waals surface area contributed by atoms with Crippen LogP contribution in [0.3, 0.4) is 0 Å². The van der Waals surface area contributed by atoms with Crippen molar-refractivity contribution in [1.82, 2.24) is 9.88 Å². The van der Waals surface area contributed by atoms with Gasteiger partial charge in [-0.15, -0.1) is 11.3 Å². The number of amides is 1. The summed E-state index contributed by atoms with van der Waals surface area (Å²) in [5.41, 5.74) is 1.01. The summed E-state index contributed by atoms with van der Waals surface area (Å²) in [6.45, 7) is 0.130. The molecule has 9 heteroatoms.